The molecule has 19 nitrogen and oxygen atoms in total. The highest BCUT2D eigenvalue weighted by molar-refractivity contribution is 7.10. The number of aliphatic hydroxyl groups is 2. The normalized spacial score (nSPS) is 23.6. The number of cyclic esters (lactones) is 1. The van der Waals surface area contributed by atoms with E-state index in [4.69, 9.17) is 24.2 Å². The molecule has 0 spiro atoms. The molecule has 3 aromatic heterocycles. The molecule has 4 aliphatic rings. The zero-order valence-electron chi connectivity index (χ0n) is 43.2. The van der Waals surface area contributed by atoms with Gasteiger partial charge in [0, 0.05) is 105 Å². The van der Waals surface area contributed by atoms with E-state index in [0.717, 1.165) is 44.0 Å². The van der Waals surface area contributed by atoms with Crippen LogP contribution in [0, 0.1) is 23.2 Å². The fourth-order valence-corrected chi connectivity index (χ4v) is 11.3. The quantitative estimate of drug-likeness (QED) is 0.132. The largest absolute Gasteiger partial charge is 0.462 e. The number of rotatable bonds is 10. The lowest BCUT2D eigenvalue weighted by Gasteiger charge is -2.40. The Kier molecular flexibility index (Phi) is 16.1. The van der Waals surface area contributed by atoms with Gasteiger partial charge in [0.25, 0.3) is 17.7 Å². The molecule has 0 radical (unpaired) electrons. The van der Waals surface area contributed by atoms with E-state index >= 15 is 0 Å². The minimum atomic E-state index is -2.27. The third-order valence-corrected chi connectivity index (χ3v) is 15.3. The number of thiazole rings is 1. The van der Waals surface area contributed by atoms with Gasteiger partial charge in [0.1, 0.15) is 12.1 Å². The summed E-state index contributed by atoms with van der Waals surface area (Å²) >= 11 is 1.32. The standard InChI is InChI=1S/C53H69N9O10S/c1-9-61-41-16-15-35-27-37(41)38(46(61)36-13-10-19-54-44(36)34(4)70-8)29-51(5,6)32-72-50(67)53(69)17-12-21-62(57-53)48(65)39(28-42-55-40(35)30-73-42)56-47(64)45(33(2)3)58(7)49(66)52(68)18-22-60(31-52)43(63)14-11-20-59-23-25-71-26-24-59/h10,13,15-16,19,27,30,33-34,39,45,57,68-69H,9,12,17-18,20-26,28-29,31-32H2,1-8H3,(H,56,64)/t34-,39-,45-,52?,53-/m0/s1. The first-order chi connectivity index (χ1) is 34.8. The van der Waals surface area contributed by atoms with Gasteiger partial charge in [-0.15, -0.1) is 11.3 Å². The molecule has 20 heteroatoms. The van der Waals surface area contributed by atoms with Gasteiger partial charge in [0.15, 0.2) is 5.60 Å². The number of hydrazine groups is 1. The SMILES string of the molecule is CCn1c(-c2cccnc2[C@H](C)OC)c2c3cc(ccc31)-c1csc(n1)C[C@H](NC(=O)[C@H](C(C)C)N(C)C(=O)C1(O)CCN(C(=O)C#CCN3CCOCC3)C1)C(=O)N1CCC[C@@](O)(N1)C(=O)OCC(C)(C)C2. The Hall–Kier alpha value is -5.79. The number of carbonyl (C=O) groups is 5. The van der Waals surface area contributed by atoms with Gasteiger partial charge >= 0.3 is 5.97 Å². The van der Waals surface area contributed by atoms with Gasteiger partial charge in [0.2, 0.25) is 11.6 Å². The lowest BCUT2D eigenvalue weighted by molar-refractivity contribution is -0.189. The number of carbonyl (C=O) groups excluding carboxylic acids is 5. The fourth-order valence-electron chi connectivity index (χ4n) is 10.4. The average molecular weight is 1020 g/mol. The Morgan fingerprint density at radius 3 is 2.58 bits per heavy atom. The van der Waals surface area contributed by atoms with Crippen molar-refractivity contribution in [2.24, 2.45) is 11.3 Å². The second-order valence-electron chi connectivity index (χ2n) is 20.8. The van der Waals surface area contributed by atoms with Crippen LogP contribution in [-0.4, -0.2) is 171 Å². The Morgan fingerprint density at radius 1 is 1.08 bits per heavy atom. The number of esters is 1. The predicted molar refractivity (Wildman–Crippen MR) is 273 cm³/mol. The van der Waals surface area contributed by atoms with Crippen molar-refractivity contribution in [3.05, 3.63) is 58.2 Å². The van der Waals surface area contributed by atoms with Crippen LogP contribution in [0.15, 0.2) is 41.9 Å². The Bertz CT molecular complexity index is 2790. The molecule has 1 unspecified atom stereocenters. The number of likely N-dealkylation sites (tertiary alicyclic amines) is 1. The number of fused-ring (bicyclic) bond motifs is 6. The van der Waals surface area contributed by atoms with Crippen LogP contribution in [0.2, 0.25) is 0 Å². The summed E-state index contributed by atoms with van der Waals surface area (Å²) in [6.45, 7) is 15.0. The van der Waals surface area contributed by atoms with E-state index in [0.29, 0.717) is 56.5 Å². The summed E-state index contributed by atoms with van der Waals surface area (Å²) in [6.07, 6.45) is 1.97. The van der Waals surface area contributed by atoms with Crippen LogP contribution in [0.5, 0.6) is 0 Å². The maximum atomic E-state index is 14.8. The molecule has 4 N–H and O–H groups in total. The minimum absolute atomic E-state index is 0.0451. The summed E-state index contributed by atoms with van der Waals surface area (Å²) in [5.41, 5.74) is 3.99. The lowest BCUT2D eigenvalue weighted by atomic mass is 9.84. The van der Waals surface area contributed by atoms with Crippen molar-refractivity contribution in [1.82, 2.24) is 45.0 Å². The number of ether oxygens (including phenoxy) is 3. The van der Waals surface area contributed by atoms with E-state index in [9.17, 15) is 34.2 Å². The molecule has 0 aliphatic carbocycles. The highest BCUT2D eigenvalue weighted by atomic mass is 32.1. The first-order valence-electron chi connectivity index (χ1n) is 25.2. The van der Waals surface area contributed by atoms with E-state index in [1.54, 1.807) is 27.2 Å². The van der Waals surface area contributed by atoms with Crippen molar-refractivity contribution < 1.29 is 48.4 Å². The molecule has 73 heavy (non-hydrogen) atoms. The van der Waals surface area contributed by atoms with Gasteiger partial charge in [-0.2, -0.15) is 5.43 Å². The summed E-state index contributed by atoms with van der Waals surface area (Å²) in [4.78, 5) is 85.1. The maximum Gasteiger partial charge on any atom is 0.355 e. The van der Waals surface area contributed by atoms with Crippen molar-refractivity contribution in [3.8, 4) is 34.4 Å². The van der Waals surface area contributed by atoms with Crippen molar-refractivity contribution in [2.45, 2.75) is 110 Å². The van der Waals surface area contributed by atoms with Crippen LogP contribution in [0.1, 0.15) is 83.2 Å². The number of amides is 4. The number of hydrogen-bond donors (Lipinski definition) is 4. The predicted octanol–water partition coefficient (Wildman–Crippen LogP) is 3.30. The number of methoxy groups -OCH3 is 1. The molecule has 7 heterocycles. The number of likely N-dealkylation sites (N-methyl/N-ethyl adjacent to an activating group) is 1. The molecule has 4 aliphatic heterocycles. The number of morpholine rings is 1. The fraction of sp³-hybridized carbons (Fsp3) is 0.566. The number of β-amino-alcohol motifs (C(OH)–C–C–N with tert-alkyl or cyclic N) is 1. The number of hydrogen-bond acceptors (Lipinski definition) is 15. The summed E-state index contributed by atoms with van der Waals surface area (Å²) in [5, 5.41) is 31.1. The third-order valence-electron chi connectivity index (χ3n) is 14.4. The summed E-state index contributed by atoms with van der Waals surface area (Å²) in [6, 6.07) is 7.70. The smallest absolute Gasteiger partial charge is 0.355 e. The Balaban J connectivity index is 1.10. The van der Waals surface area contributed by atoms with Gasteiger partial charge in [-0.25, -0.2) is 9.78 Å². The summed E-state index contributed by atoms with van der Waals surface area (Å²) < 4.78 is 19.4. The molecular formula is C53H69N9O10S. The van der Waals surface area contributed by atoms with E-state index in [1.165, 1.54) is 28.2 Å². The highest BCUT2D eigenvalue weighted by Crippen LogP contribution is 2.42. The van der Waals surface area contributed by atoms with E-state index in [1.807, 2.05) is 44.4 Å². The first-order valence-corrected chi connectivity index (χ1v) is 26.1. The average Bonchev–Trinajstić information content (AvgIpc) is 4.10. The molecule has 6 bridgehead atoms. The van der Waals surface area contributed by atoms with Crippen LogP contribution < -0.4 is 10.7 Å². The van der Waals surface area contributed by atoms with Crippen LogP contribution in [0.3, 0.4) is 0 Å². The number of aromatic nitrogens is 3. The number of nitrogens with zero attached hydrogens (tertiary/aromatic N) is 7. The molecule has 4 amide bonds. The van der Waals surface area contributed by atoms with Crippen molar-refractivity contribution >= 4 is 51.8 Å². The lowest BCUT2D eigenvalue weighted by Crippen LogP contribution is -2.67. The first kappa shape index (κ1) is 53.5. The second-order valence-corrected chi connectivity index (χ2v) is 21.7. The van der Waals surface area contributed by atoms with E-state index < -0.39 is 64.3 Å². The van der Waals surface area contributed by atoms with Crippen molar-refractivity contribution in [3.63, 3.8) is 0 Å². The van der Waals surface area contributed by atoms with Gasteiger partial charge in [-0.3, -0.25) is 34.1 Å². The number of aryl methyl sites for hydroxylation is 1. The molecule has 3 fully saturated rings. The van der Waals surface area contributed by atoms with E-state index in [-0.39, 0.29) is 58.0 Å². The van der Waals surface area contributed by atoms with Gasteiger partial charge in [-0.1, -0.05) is 39.7 Å². The van der Waals surface area contributed by atoms with Gasteiger partial charge in [0.05, 0.1) is 61.1 Å². The second kappa shape index (κ2) is 22.0. The number of pyridine rings is 1. The molecule has 0 saturated carbocycles. The van der Waals surface area contributed by atoms with E-state index in [2.05, 4.69) is 51.1 Å². The summed E-state index contributed by atoms with van der Waals surface area (Å²) in [7, 11) is 3.08. The molecule has 1 aromatic carbocycles. The molecule has 8 rings (SSSR count). The Morgan fingerprint density at radius 2 is 1.85 bits per heavy atom. The van der Waals surface area contributed by atoms with Crippen LogP contribution in [0.25, 0.3) is 33.4 Å². The molecule has 5 atom stereocenters. The molecular weight excluding hydrogens is 955 g/mol. The van der Waals surface area contributed by atoms with Crippen molar-refractivity contribution in [1.29, 1.82) is 0 Å². The zero-order chi connectivity index (χ0) is 52.4. The van der Waals surface area contributed by atoms with Gasteiger partial charge in [-0.05, 0) is 68.4 Å². The molecule has 3 saturated heterocycles. The topological polar surface area (TPSA) is 221 Å². The maximum absolute atomic E-state index is 14.8. The zero-order valence-corrected chi connectivity index (χ0v) is 44.0. The minimum Gasteiger partial charge on any atom is -0.462 e. The number of nitrogens with one attached hydrogen (secondary N) is 2. The Labute approximate surface area is 430 Å². The van der Waals surface area contributed by atoms with Crippen LogP contribution in [-0.2, 0) is 57.6 Å². The highest BCUT2D eigenvalue weighted by Gasteiger charge is 2.49. The number of benzene rings is 1. The van der Waals surface area contributed by atoms with Crippen LogP contribution >= 0.6 is 11.3 Å². The van der Waals surface area contributed by atoms with Gasteiger partial charge < -0.3 is 44.1 Å². The monoisotopic (exact) mass is 1020 g/mol. The van der Waals surface area contributed by atoms with Crippen molar-refractivity contribution in [2.75, 3.05) is 73.2 Å². The third kappa shape index (κ3) is 11.3. The summed E-state index contributed by atoms with van der Waals surface area (Å²) in [5.74, 6) is 1.50. The molecule has 4 aromatic rings. The van der Waals surface area contributed by atoms with Crippen LogP contribution in [0.4, 0.5) is 0 Å². The molecule has 392 valence electrons.